The Bertz CT molecular complexity index is 1030. The highest BCUT2D eigenvalue weighted by molar-refractivity contribution is 5.92. The lowest BCUT2D eigenvalue weighted by Gasteiger charge is -2.15. The predicted octanol–water partition coefficient (Wildman–Crippen LogP) is 2.63. The third-order valence-electron chi connectivity index (χ3n) is 5.06. The molecule has 3 aromatic rings. The number of nitrogens with zero attached hydrogens (tertiary/aromatic N) is 4. The summed E-state index contributed by atoms with van der Waals surface area (Å²) in [5, 5.41) is 15.1. The van der Waals surface area contributed by atoms with Crippen LogP contribution in [0.15, 0.2) is 35.0 Å². The van der Waals surface area contributed by atoms with Gasteiger partial charge in [-0.3, -0.25) is 9.78 Å². The summed E-state index contributed by atoms with van der Waals surface area (Å²) in [5.74, 6) is 0.688. The summed E-state index contributed by atoms with van der Waals surface area (Å²) in [6, 6.07) is 7.06. The van der Waals surface area contributed by atoms with E-state index in [0.717, 1.165) is 29.7 Å². The van der Waals surface area contributed by atoms with Gasteiger partial charge in [-0.05, 0) is 44.9 Å². The van der Waals surface area contributed by atoms with Crippen LogP contribution in [0.25, 0.3) is 11.3 Å². The molecule has 1 saturated carbocycles. The quantitative estimate of drug-likeness (QED) is 0.604. The number of aryl methyl sites for hydroxylation is 2. The van der Waals surface area contributed by atoms with Crippen LogP contribution in [0.5, 0.6) is 5.88 Å². The molecule has 9 nitrogen and oxygen atoms in total. The maximum Gasteiger partial charge on any atom is 0.272 e. The predicted molar refractivity (Wildman–Crippen MR) is 107 cm³/mol. The lowest BCUT2D eigenvalue weighted by Crippen LogP contribution is -2.40. The molecule has 0 bridgehead atoms. The Morgan fingerprint density at radius 3 is 2.67 bits per heavy atom. The van der Waals surface area contributed by atoms with E-state index < -0.39 is 0 Å². The van der Waals surface area contributed by atoms with Crippen molar-refractivity contribution in [2.24, 2.45) is 0 Å². The van der Waals surface area contributed by atoms with Crippen molar-refractivity contribution in [2.75, 3.05) is 13.7 Å². The van der Waals surface area contributed by atoms with Crippen molar-refractivity contribution in [1.82, 2.24) is 25.7 Å². The van der Waals surface area contributed by atoms with Gasteiger partial charge in [-0.25, -0.2) is 0 Å². The van der Waals surface area contributed by atoms with E-state index in [-0.39, 0.29) is 23.7 Å². The monoisotopic (exact) mass is 409 g/mol. The van der Waals surface area contributed by atoms with Crippen LogP contribution in [-0.2, 0) is 11.3 Å². The molecular formula is C21H23N5O4. The number of hydrogen-bond donors (Lipinski definition) is 1. The van der Waals surface area contributed by atoms with Crippen LogP contribution in [0.2, 0.25) is 0 Å². The minimum Gasteiger partial charge on any atom is -0.472 e. The summed E-state index contributed by atoms with van der Waals surface area (Å²) in [7, 11) is 1.62. The van der Waals surface area contributed by atoms with Crippen molar-refractivity contribution in [3.63, 3.8) is 0 Å². The zero-order valence-electron chi connectivity index (χ0n) is 17.1. The number of aromatic nitrogens is 4. The second kappa shape index (κ2) is 8.19. The molecule has 0 aromatic carbocycles. The number of rotatable bonds is 8. The molecule has 1 fully saturated rings. The summed E-state index contributed by atoms with van der Waals surface area (Å²) in [6.45, 7) is 4.44. The fourth-order valence-electron chi connectivity index (χ4n) is 3.10. The first-order chi connectivity index (χ1) is 14.5. The minimum absolute atomic E-state index is 0.204. The van der Waals surface area contributed by atoms with Crippen molar-refractivity contribution in [3.05, 3.63) is 53.2 Å². The first kappa shape index (κ1) is 20.0. The van der Waals surface area contributed by atoms with E-state index in [9.17, 15) is 4.79 Å². The number of nitrogens with one attached hydrogen (secondary N) is 1. The number of ether oxygens (including phenoxy) is 2. The van der Waals surface area contributed by atoms with Crippen LogP contribution in [0.4, 0.5) is 0 Å². The largest absolute Gasteiger partial charge is 0.472 e. The standard InChI is InChI=1S/C21H23N5O4/c1-13-4-5-15(10-22-13)19-16(14(2)30-26-19)11-29-18-7-6-17(24-25-18)20(27)23-21(8-9-21)12-28-3/h4-7,10H,8-9,11-12H2,1-3H3,(H,23,27). The Balaban J connectivity index is 1.41. The lowest BCUT2D eigenvalue weighted by atomic mass is 10.1. The molecule has 30 heavy (non-hydrogen) atoms. The van der Waals surface area contributed by atoms with Crippen LogP contribution in [0.1, 0.15) is 40.3 Å². The van der Waals surface area contributed by atoms with Crippen molar-refractivity contribution in [3.8, 4) is 17.1 Å². The van der Waals surface area contributed by atoms with Gasteiger partial charge in [0.05, 0.1) is 17.7 Å². The summed E-state index contributed by atoms with van der Waals surface area (Å²) in [5.41, 5.74) is 3.22. The molecule has 156 valence electrons. The number of pyridine rings is 1. The van der Waals surface area contributed by atoms with Gasteiger partial charge in [0.25, 0.3) is 5.91 Å². The maximum atomic E-state index is 12.4. The molecule has 9 heteroatoms. The van der Waals surface area contributed by atoms with E-state index in [4.69, 9.17) is 14.0 Å². The molecule has 0 unspecified atom stereocenters. The highest BCUT2D eigenvalue weighted by atomic mass is 16.5. The first-order valence-corrected chi connectivity index (χ1v) is 9.66. The zero-order chi connectivity index (χ0) is 21.1. The number of carbonyl (C=O) groups is 1. The van der Waals surface area contributed by atoms with Gasteiger partial charge in [0.15, 0.2) is 5.69 Å². The number of hydrogen-bond acceptors (Lipinski definition) is 8. The lowest BCUT2D eigenvalue weighted by molar-refractivity contribution is 0.0875. The molecule has 0 atom stereocenters. The van der Waals surface area contributed by atoms with E-state index in [2.05, 4.69) is 25.7 Å². The normalized spacial score (nSPS) is 14.4. The molecule has 1 aliphatic rings. The van der Waals surface area contributed by atoms with Crippen molar-refractivity contribution in [1.29, 1.82) is 0 Å². The molecule has 0 aliphatic heterocycles. The average molecular weight is 409 g/mol. The summed E-state index contributed by atoms with van der Waals surface area (Å²) < 4.78 is 16.3. The van der Waals surface area contributed by atoms with Gasteiger partial charge in [0.1, 0.15) is 18.1 Å². The van der Waals surface area contributed by atoms with Gasteiger partial charge in [0, 0.05) is 30.6 Å². The second-order valence-electron chi connectivity index (χ2n) is 7.47. The molecule has 1 N–H and O–H groups in total. The molecule has 3 heterocycles. The highest BCUT2D eigenvalue weighted by Crippen LogP contribution is 2.35. The van der Waals surface area contributed by atoms with Gasteiger partial charge in [-0.1, -0.05) is 5.16 Å². The molecule has 4 rings (SSSR count). The third-order valence-corrected chi connectivity index (χ3v) is 5.06. The van der Waals surface area contributed by atoms with E-state index in [1.165, 1.54) is 0 Å². The third kappa shape index (κ3) is 4.30. The Labute approximate surface area is 173 Å². The SMILES string of the molecule is COCC1(NC(=O)c2ccc(OCc3c(-c4ccc(C)nc4)noc3C)nn2)CC1. The molecule has 0 radical (unpaired) electrons. The minimum atomic E-state index is -0.271. The van der Waals surface area contributed by atoms with Crippen molar-refractivity contribution in [2.45, 2.75) is 38.8 Å². The second-order valence-corrected chi connectivity index (χ2v) is 7.47. The Morgan fingerprint density at radius 1 is 1.20 bits per heavy atom. The first-order valence-electron chi connectivity index (χ1n) is 9.66. The molecule has 1 amide bonds. The van der Waals surface area contributed by atoms with Gasteiger partial charge in [0.2, 0.25) is 5.88 Å². The summed E-state index contributed by atoms with van der Waals surface area (Å²) >= 11 is 0. The molecule has 0 saturated heterocycles. The van der Waals surface area contributed by atoms with Crippen molar-refractivity contribution >= 4 is 5.91 Å². The zero-order valence-corrected chi connectivity index (χ0v) is 17.1. The summed E-state index contributed by atoms with van der Waals surface area (Å²) in [4.78, 5) is 16.7. The van der Waals surface area contributed by atoms with E-state index in [1.54, 1.807) is 25.4 Å². The Morgan fingerprint density at radius 2 is 2.03 bits per heavy atom. The van der Waals surface area contributed by atoms with Crippen LogP contribution in [-0.4, -0.2) is 45.5 Å². The van der Waals surface area contributed by atoms with E-state index >= 15 is 0 Å². The van der Waals surface area contributed by atoms with E-state index in [1.807, 2.05) is 26.0 Å². The van der Waals surface area contributed by atoms with Crippen molar-refractivity contribution < 1.29 is 18.8 Å². The number of carbonyl (C=O) groups excluding carboxylic acids is 1. The average Bonchev–Trinajstić information content (AvgIpc) is 3.40. The van der Waals surface area contributed by atoms with Gasteiger partial charge in [-0.2, -0.15) is 0 Å². The Kier molecular flexibility index (Phi) is 5.45. The molecule has 3 aromatic heterocycles. The van der Waals surface area contributed by atoms with Gasteiger partial charge in [-0.15, -0.1) is 10.2 Å². The summed E-state index contributed by atoms with van der Waals surface area (Å²) in [6.07, 6.45) is 3.55. The van der Waals surface area contributed by atoms with E-state index in [0.29, 0.717) is 23.9 Å². The van der Waals surface area contributed by atoms with Gasteiger partial charge < -0.3 is 19.3 Å². The fourth-order valence-corrected chi connectivity index (χ4v) is 3.10. The van der Waals surface area contributed by atoms with Crippen LogP contribution >= 0.6 is 0 Å². The number of amides is 1. The molecule has 0 spiro atoms. The number of methoxy groups -OCH3 is 1. The fraction of sp³-hybridized carbons (Fsp3) is 0.381. The van der Waals surface area contributed by atoms with Crippen LogP contribution in [0, 0.1) is 13.8 Å². The topological polar surface area (TPSA) is 112 Å². The Hall–Kier alpha value is -3.33. The van der Waals surface area contributed by atoms with Gasteiger partial charge >= 0.3 is 0 Å². The van der Waals surface area contributed by atoms with Crippen LogP contribution < -0.4 is 10.1 Å². The maximum absolute atomic E-state index is 12.4. The highest BCUT2D eigenvalue weighted by Gasteiger charge is 2.44. The molecular weight excluding hydrogens is 386 g/mol. The van der Waals surface area contributed by atoms with Crippen LogP contribution in [0.3, 0.4) is 0 Å². The molecule has 1 aliphatic carbocycles. The smallest absolute Gasteiger partial charge is 0.272 e.